The van der Waals surface area contributed by atoms with Crippen LogP contribution in [-0.4, -0.2) is 16.1 Å². The number of carbonyl (C=O) groups is 1. The molecule has 2 aromatic rings. The number of aldehydes is 1. The van der Waals surface area contributed by atoms with Crippen LogP contribution in [0.15, 0.2) is 24.3 Å². The van der Waals surface area contributed by atoms with Crippen molar-refractivity contribution in [3.05, 3.63) is 45.7 Å². The van der Waals surface area contributed by atoms with E-state index in [9.17, 15) is 4.79 Å². The lowest BCUT2D eigenvalue weighted by Gasteiger charge is -2.03. The number of aryl methyl sites for hydroxylation is 1. The lowest BCUT2D eigenvalue weighted by atomic mass is 10.2. The van der Waals surface area contributed by atoms with E-state index in [1.54, 1.807) is 16.8 Å². The third-order valence-corrected chi connectivity index (χ3v) is 3.20. The van der Waals surface area contributed by atoms with Crippen molar-refractivity contribution < 1.29 is 4.79 Å². The molecule has 0 unspecified atom stereocenters. The molecule has 0 saturated heterocycles. The van der Waals surface area contributed by atoms with E-state index < -0.39 is 0 Å². The molecule has 0 saturated carbocycles. The Hall–Kier alpha value is -1.32. The van der Waals surface area contributed by atoms with Crippen LogP contribution in [0, 0.1) is 0 Å². The quantitative estimate of drug-likeness (QED) is 0.796. The van der Waals surface area contributed by atoms with E-state index >= 15 is 0 Å². The van der Waals surface area contributed by atoms with Crippen molar-refractivity contribution in [3.8, 4) is 5.69 Å². The lowest BCUT2D eigenvalue weighted by Crippen LogP contribution is -1.97. The van der Waals surface area contributed by atoms with Gasteiger partial charge in [-0.1, -0.05) is 42.6 Å². The smallest absolute Gasteiger partial charge is 0.155 e. The summed E-state index contributed by atoms with van der Waals surface area (Å²) in [5.74, 6) is 0. The molecule has 5 heteroatoms. The highest BCUT2D eigenvalue weighted by Gasteiger charge is 2.16. The van der Waals surface area contributed by atoms with Crippen LogP contribution in [0.2, 0.25) is 10.2 Å². The molecule has 0 bridgehead atoms. The molecule has 0 aliphatic carbocycles. The Bertz CT molecular complexity index is 578. The van der Waals surface area contributed by atoms with Crippen molar-refractivity contribution in [2.45, 2.75) is 19.8 Å². The van der Waals surface area contributed by atoms with E-state index in [1.807, 2.05) is 19.1 Å². The molecule has 94 valence electrons. The molecule has 0 aliphatic rings. The number of benzene rings is 1. The van der Waals surface area contributed by atoms with Gasteiger partial charge >= 0.3 is 0 Å². The monoisotopic (exact) mass is 282 g/mol. The van der Waals surface area contributed by atoms with Gasteiger partial charge in [0.1, 0.15) is 5.15 Å². The summed E-state index contributed by atoms with van der Waals surface area (Å²) in [6.45, 7) is 2.03. The second-order valence-electron chi connectivity index (χ2n) is 3.91. The minimum Gasteiger partial charge on any atom is -0.298 e. The molecule has 1 heterocycles. The van der Waals surface area contributed by atoms with Gasteiger partial charge in [0.15, 0.2) is 6.29 Å². The zero-order valence-electron chi connectivity index (χ0n) is 9.86. The van der Waals surface area contributed by atoms with Crippen molar-refractivity contribution in [2.24, 2.45) is 0 Å². The Morgan fingerprint density at radius 2 is 2.17 bits per heavy atom. The Kier molecular flexibility index (Phi) is 4.04. The van der Waals surface area contributed by atoms with Crippen LogP contribution in [0.3, 0.4) is 0 Å². The predicted octanol–water partition coefficient (Wildman–Crippen LogP) is 3.94. The molecule has 0 fully saturated rings. The maximum Gasteiger partial charge on any atom is 0.155 e. The van der Waals surface area contributed by atoms with Crippen molar-refractivity contribution in [1.82, 2.24) is 9.78 Å². The minimum absolute atomic E-state index is 0.329. The summed E-state index contributed by atoms with van der Waals surface area (Å²) in [4.78, 5) is 11.1. The minimum atomic E-state index is 0.329. The fourth-order valence-corrected chi connectivity index (χ4v) is 2.24. The van der Waals surface area contributed by atoms with Crippen LogP contribution in [0.25, 0.3) is 5.69 Å². The molecular weight excluding hydrogens is 271 g/mol. The van der Waals surface area contributed by atoms with Crippen molar-refractivity contribution in [3.63, 3.8) is 0 Å². The van der Waals surface area contributed by atoms with Crippen LogP contribution in [0.4, 0.5) is 0 Å². The van der Waals surface area contributed by atoms with Gasteiger partial charge in [-0.2, -0.15) is 5.10 Å². The second-order valence-corrected chi connectivity index (χ2v) is 4.71. The molecule has 0 spiro atoms. The Morgan fingerprint density at radius 3 is 2.78 bits per heavy atom. The first-order valence-corrected chi connectivity index (χ1v) is 6.41. The predicted molar refractivity (Wildman–Crippen MR) is 73.0 cm³/mol. The summed E-state index contributed by atoms with van der Waals surface area (Å²) in [7, 11) is 0. The van der Waals surface area contributed by atoms with Crippen LogP contribution >= 0.6 is 23.2 Å². The summed E-state index contributed by atoms with van der Waals surface area (Å²) in [6, 6.07) is 7.19. The molecular formula is C13H12Cl2N2O. The summed E-state index contributed by atoms with van der Waals surface area (Å²) >= 11 is 12.1. The fraction of sp³-hybridized carbons (Fsp3) is 0.231. The van der Waals surface area contributed by atoms with Gasteiger partial charge in [0, 0.05) is 5.02 Å². The standard InChI is InChI=1S/C13H12Cl2N2O/c1-2-4-12-11(8-18)13(15)17(16-12)10-6-3-5-9(14)7-10/h3,5-8H,2,4H2,1H3. The molecule has 0 amide bonds. The average molecular weight is 283 g/mol. The van der Waals surface area contributed by atoms with Crippen LogP contribution in [-0.2, 0) is 6.42 Å². The van der Waals surface area contributed by atoms with E-state index in [-0.39, 0.29) is 0 Å². The van der Waals surface area contributed by atoms with Crippen LogP contribution < -0.4 is 0 Å². The zero-order valence-corrected chi connectivity index (χ0v) is 11.4. The summed E-state index contributed by atoms with van der Waals surface area (Å²) in [5, 5.41) is 5.31. The first-order valence-electron chi connectivity index (χ1n) is 5.66. The van der Waals surface area contributed by atoms with Gasteiger partial charge < -0.3 is 0 Å². The fourth-order valence-electron chi connectivity index (χ4n) is 1.77. The number of hydrogen-bond acceptors (Lipinski definition) is 2. The van der Waals surface area contributed by atoms with Crippen LogP contribution in [0.5, 0.6) is 0 Å². The number of aromatic nitrogens is 2. The Labute approximate surface area is 115 Å². The number of carbonyl (C=O) groups excluding carboxylic acids is 1. The first kappa shape index (κ1) is 13.1. The normalized spacial score (nSPS) is 10.6. The van der Waals surface area contributed by atoms with E-state index in [4.69, 9.17) is 23.2 Å². The summed E-state index contributed by atoms with van der Waals surface area (Å²) < 4.78 is 1.54. The Balaban J connectivity index is 2.54. The van der Waals surface area contributed by atoms with Gasteiger partial charge in [0.05, 0.1) is 16.9 Å². The molecule has 2 rings (SSSR count). The van der Waals surface area contributed by atoms with Crippen molar-refractivity contribution in [2.75, 3.05) is 0 Å². The highest BCUT2D eigenvalue weighted by atomic mass is 35.5. The third-order valence-electron chi connectivity index (χ3n) is 2.60. The number of rotatable bonds is 4. The summed E-state index contributed by atoms with van der Waals surface area (Å²) in [6.07, 6.45) is 2.38. The number of halogens is 2. The van der Waals surface area contributed by atoms with Gasteiger partial charge in [-0.15, -0.1) is 0 Å². The molecule has 0 N–H and O–H groups in total. The molecule has 1 aromatic heterocycles. The number of nitrogens with zero attached hydrogens (tertiary/aromatic N) is 2. The van der Waals surface area contributed by atoms with Gasteiger partial charge in [-0.25, -0.2) is 4.68 Å². The van der Waals surface area contributed by atoms with Gasteiger partial charge in [0.2, 0.25) is 0 Å². The maximum absolute atomic E-state index is 11.1. The molecule has 18 heavy (non-hydrogen) atoms. The van der Waals surface area contributed by atoms with Gasteiger partial charge in [0.25, 0.3) is 0 Å². The molecule has 1 aromatic carbocycles. The average Bonchev–Trinajstić information content (AvgIpc) is 2.66. The topological polar surface area (TPSA) is 34.9 Å². The SMILES string of the molecule is CCCc1nn(-c2cccc(Cl)c2)c(Cl)c1C=O. The second kappa shape index (κ2) is 5.55. The highest BCUT2D eigenvalue weighted by molar-refractivity contribution is 6.32. The first-order chi connectivity index (χ1) is 8.67. The van der Waals surface area contributed by atoms with Crippen molar-refractivity contribution >= 4 is 29.5 Å². The van der Waals surface area contributed by atoms with Gasteiger partial charge in [-0.05, 0) is 24.6 Å². The van der Waals surface area contributed by atoms with Crippen molar-refractivity contribution in [1.29, 1.82) is 0 Å². The molecule has 0 atom stereocenters. The molecule has 0 aliphatic heterocycles. The summed E-state index contributed by atoms with van der Waals surface area (Å²) in [5.41, 5.74) is 1.92. The lowest BCUT2D eigenvalue weighted by molar-refractivity contribution is 0.112. The van der Waals surface area contributed by atoms with E-state index in [0.717, 1.165) is 30.5 Å². The molecule has 3 nitrogen and oxygen atoms in total. The maximum atomic E-state index is 11.1. The Morgan fingerprint density at radius 1 is 1.39 bits per heavy atom. The largest absolute Gasteiger partial charge is 0.298 e. The number of hydrogen-bond donors (Lipinski definition) is 0. The van der Waals surface area contributed by atoms with E-state index in [1.165, 1.54) is 0 Å². The van der Waals surface area contributed by atoms with E-state index in [2.05, 4.69) is 5.10 Å². The van der Waals surface area contributed by atoms with Gasteiger partial charge in [-0.3, -0.25) is 4.79 Å². The zero-order chi connectivity index (χ0) is 13.1. The van der Waals surface area contributed by atoms with Crippen LogP contribution in [0.1, 0.15) is 29.4 Å². The molecule has 0 radical (unpaired) electrons. The highest BCUT2D eigenvalue weighted by Crippen LogP contribution is 2.24. The third kappa shape index (κ3) is 2.42. The van der Waals surface area contributed by atoms with E-state index in [0.29, 0.717) is 15.7 Å².